The summed E-state index contributed by atoms with van der Waals surface area (Å²) >= 11 is 0. The van der Waals surface area contributed by atoms with Gasteiger partial charge in [0.1, 0.15) is 5.82 Å². The Morgan fingerprint density at radius 2 is 2.04 bits per heavy atom. The lowest BCUT2D eigenvalue weighted by molar-refractivity contribution is -0.141. The number of hydrogen-bond donors (Lipinski definition) is 2. The summed E-state index contributed by atoms with van der Waals surface area (Å²) in [5.74, 6) is -0.832. The molecule has 2 aliphatic rings. The van der Waals surface area contributed by atoms with Crippen LogP contribution in [0.25, 0.3) is 0 Å². The van der Waals surface area contributed by atoms with Gasteiger partial charge in [0.05, 0.1) is 18.6 Å². The molecule has 5 nitrogen and oxygen atoms in total. The van der Waals surface area contributed by atoms with Gasteiger partial charge in [0.2, 0.25) is 11.8 Å². The number of nitrogens with one attached hydrogen (secondary N) is 1. The SMILES string of the molecule is CN1C(=O)CCC(C(=O)NCC2(CO)CC2)C1c1ccc(F)cc1. The lowest BCUT2D eigenvalue weighted by atomic mass is 9.84. The van der Waals surface area contributed by atoms with E-state index in [2.05, 4.69) is 5.32 Å². The third-order valence-electron chi connectivity index (χ3n) is 5.34. The Morgan fingerprint density at radius 3 is 2.62 bits per heavy atom. The summed E-state index contributed by atoms with van der Waals surface area (Å²) in [4.78, 5) is 26.3. The minimum Gasteiger partial charge on any atom is -0.396 e. The number of amides is 2. The summed E-state index contributed by atoms with van der Waals surface area (Å²) in [7, 11) is 1.69. The van der Waals surface area contributed by atoms with Gasteiger partial charge in [-0.1, -0.05) is 12.1 Å². The quantitative estimate of drug-likeness (QED) is 0.860. The molecule has 2 unspecified atom stereocenters. The first-order valence-corrected chi connectivity index (χ1v) is 8.35. The van der Waals surface area contributed by atoms with Crippen molar-refractivity contribution in [1.29, 1.82) is 0 Å². The normalized spacial score (nSPS) is 25.5. The van der Waals surface area contributed by atoms with E-state index in [9.17, 15) is 19.1 Å². The Balaban J connectivity index is 1.77. The number of likely N-dealkylation sites (tertiary alicyclic amines) is 1. The van der Waals surface area contributed by atoms with Crippen molar-refractivity contribution in [3.05, 3.63) is 35.6 Å². The molecule has 1 saturated carbocycles. The number of piperidine rings is 1. The highest BCUT2D eigenvalue weighted by molar-refractivity contribution is 5.85. The third kappa shape index (κ3) is 3.29. The first kappa shape index (κ1) is 16.9. The summed E-state index contributed by atoms with van der Waals surface area (Å²) in [6, 6.07) is 5.57. The zero-order chi connectivity index (χ0) is 17.3. The summed E-state index contributed by atoms with van der Waals surface area (Å²) in [5.41, 5.74) is 0.604. The maximum Gasteiger partial charge on any atom is 0.225 e. The van der Waals surface area contributed by atoms with Gasteiger partial charge in [-0.3, -0.25) is 9.59 Å². The number of aliphatic hydroxyl groups is 1. The van der Waals surface area contributed by atoms with E-state index < -0.39 is 6.04 Å². The van der Waals surface area contributed by atoms with Gasteiger partial charge in [0.25, 0.3) is 0 Å². The molecule has 1 aliphatic heterocycles. The third-order valence-corrected chi connectivity index (χ3v) is 5.34. The molecule has 0 spiro atoms. The first-order chi connectivity index (χ1) is 11.5. The topological polar surface area (TPSA) is 69.6 Å². The van der Waals surface area contributed by atoms with Gasteiger partial charge in [-0.05, 0) is 37.0 Å². The number of rotatable bonds is 5. The highest BCUT2D eigenvalue weighted by Gasteiger charge is 2.44. The van der Waals surface area contributed by atoms with Crippen molar-refractivity contribution in [3.8, 4) is 0 Å². The van der Waals surface area contributed by atoms with Crippen LogP contribution in [0.15, 0.2) is 24.3 Å². The Kier molecular flexibility index (Phi) is 4.58. The molecule has 1 heterocycles. The van der Waals surface area contributed by atoms with Crippen molar-refractivity contribution in [2.45, 2.75) is 31.7 Å². The van der Waals surface area contributed by atoms with Crippen LogP contribution in [0.2, 0.25) is 0 Å². The number of nitrogens with zero attached hydrogens (tertiary/aromatic N) is 1. The van der Waals surface area contributed by atoms with Crippen molar-refractivity contribution in [2.75, 3.05) is 20.2 Å². The van der Waals surface area contributed by atoms with Crippen LogP contribution >= 0.6 is 0 Å². The second-order valence-electron chi connectivity index (χ2n) is 7.02. The summed E-state index contributed by atoms with van der Waals surface area (Å²) in [6.07, 6.45) is 2.66. The monoisotopic (exact) mass is 334 g/mol. The van der Waals surface area contributed by atoms with E-state index in [-0.39, 0.29) is 35.6 Å². The maximum atomic E-state index is 13.2. The lowest BCUT2D eigenvalue weighted by Gasteiger charge is -2.38. The van der Waals surface area contributed by atoms with Gasteiger partial charge in [0.15, 0.2) is 0 Å². The summed E-state index contributed by atoms with van der Waals surface area (Å²) in [6.45, 7) is 0.546. The van der Waals surface area contributed by atoms with Crippen molar-refractivity contribution in [2.24, 2.45) is 11.3 Å². The van der Waals surface area contributed by atoms with Gasteiger partial charge < -0.3 is 15.3 Å². The van der Waals surface area contributed by atoms with E-state index in [1.807, 2.05) is 0 Å². The van der Waals surface area contributed by atoms with Crippen LogP contribution in [0.3, 0.4) is 0 Å². The van der Waals surface area contributed by atoms with Crippen molar-refractivity contribution >= 4 is 11.8 Å². The average molecular weight is 334 g/mol. The summed E-state index contributed by atoms with van der Waals surface area (Å²) in [5, 5.41) is 12.3. The molecule has 0 bridgehead atoms. The van der Waals surface area contributed by atoms with Crippen LogP contribution in [0.4, 0.5) is 4.39 Å². The predicted octanol–water partition coefficient (Wildman–Crippen LogP) is 1.62. The highest BCUT2D eigenvalue weighted by Crippen LogP contribution is 2.44. The fourth-order valence-corrected chi connectivity index (χ4v) is 3.40. The Bertz CT molecular complexity index is 628. The maximum absolute atomic E-state index is 13.2. The number of carbonyl (C=O) groups excluding carboxylic acids is 2. The molecule has 1 aliphatic carbocycles. The molecule has 130 valence electrons. The summed E-state index contributed by atoms with van der Waals surface area (Å²) < 4.78 is 13.2. The lowest BCUT2D eigenvalue weighted by Crippen LogP contribution is -2.47. The van der Waals surface area contributed by atoms with Crippen LogP contribution in [0.1, 0.15) is 37.3 Å². The second-order valence-corrected chi connectivity index (χ2v) is 7.02. The number of benzene rings is 1. The average Bonchev–Trinajstić information content (AvgIpc) is 3.37. The largest absolute Gasteiger partial charge is 0.396 e. The smallest absolute Gasteiger partial charge is 0.225 e. The van der Waals surface area contributed by atoms with Crippen molar-refractivity contribution in [1.82, 2.24) is 10.2 Å². The van der Waals surface area contributed by atoms with Gasteiger partial charge in [-0.2, -0.15) is 0 Å². The van der Waals surface area contributed by atoms with Gasteiger partial charge in [-0.15, -0.1) is 0 Å². The first-order valence-electron chi connectivity index (χ1n) is 8.35. The molecule has 0 radical (unpaired) electrons. The molecule has 2 atom stereocenters. The number of aliphatic hydroxyl groups excluding tert-OH is 1. The number of hydrogen-bond acceptors (Lipinski definition) is 3. The molecule has 3 rings (SSSR count). The van der Waals surface area contributed by atoms with Crippen molar-refractivity contribution < 1.29 is 19.1 Å². The fourth-order valence-electron chi connectivity index (χ4n) is 3.40. The Hall–Kier alpha value is -1.95. The zero-order valence-electron chi connectivity index (χ0n) is 13.8. The Labute approximate surface area is 140 Å². The van der Waals surface area contributed by atoms with E-state index >= 15 is 0 Å². The number of carbonyl (C=O) groups is 2. The Morgan fingerprint density at radius 1 is 1.38 bits per heavy atom. The van der Waals surface area contributed by atoms with Crippen LogP contribution < -0.4 is 5.32 Å². The molecule has 1 aromatic carbocycles. The van der Waals surface area contributed by atoms with Gasteiger partial charge >= 0.3 is 0 Å². The molecule has 24 heavy (non-hydrogen) atoms. The van der Waals surface area contributed by atoms with Crippen molar-refractivity contribution in [3.63, 3.8) is 0 Å². The van der Waals surface area contributed by atoms with Crippen LogP contribution in [0, 0.1) is 17.2 Å². The van der Waals surface area contributed by atoms with Crippen LogP contribution in [0.5, 0.6) is 0 Å². The minimum absolute atomic E-state index is 0.0117. The van der Waals surface area contributed by atoms with Gasteiger partial charge in [-0.25, -0.2) is 4.39 Å². The van der Waals surface area contributed by atoms with Gasteiger partial charge in [0, 0.05) is 25.4 Å². The predicted molar refractivity (Wildman–Crippen MR) is 86.4 cm³/mol. The second kappa shape index (κ2) is 6.51. The molecule has 0 aromatic heterocycles. The fraction of sp³-hybridized carbons (Fsp3) is 0.556. The highest BCUT2D eigenvalue weighted by atomic mass is 19.1. The van der Waals surface area contributed by atoms with E-state index in [0.29, 0.717) is 19.4 Å². The molecule has 1 saturated heterocycles. The van der Waals surface area contributed by atoms with E-state index in [1.54, 1.807) is 24.1 Å². The van der Waals surface area contributed by atoms with E-state index in [0.717, 1.165) is 18.4 Å². The minimum atomic E-state index is -0.392. The number of halogens is 1. The van der Waals surface area contributed by atoms with E-state index in [1.165, 1.54) is 12.1 Å². The van der Waals surface area contributed by atoms with Crippen LogP contribution in [-0.2, 0) is 9.59 Å². The van der Waals surface area contributed by atoms with E-state index in [4.69, 9.17) is 0 Å². The molecular formula is C18H23FN2O3. The molecule has 2 N–H and O–H groups in total. The zero-order valence-corrected chi connectivity index (χ0v) is 13.8. The van der Waals surface area contributed by atoms with Crippen LogP contribution in [-0.4, -0.2) is 42.0 Å². The molecule has 1 aromatic rings. The molecule has 6 heteroatoms. The molecular weight excluding hydrogens is 311 g/mol. The standard InChI is InChI=1S/C18H23FN2O3/c1-21-15(23)7-6-14(16(21)12-2-4-13(19)5-3-12)17(24)20-10-18(11-22)8-9-18/h2-5,14,16,22H,6-11H2,1H3,(H,20,24). The molecule has 2 amide bonds. The molecule has 2 fully saturated rings.